The van der Waals surface area contributed by atoms with Crippen LogP contribution in [0, 0.1) is 6.92 Å². The third-order valence-electron chi connectivity index (χ3n) is 4.47. The molecule has 1 unspecified atom stereocenters. The minimum absolute atomic E-state index is 0.275. The summed E-state index contributed by atoms with van der Waals surface area (Å²) >= 11 is 0. The molecule has 128 valence electrons. The standard InChI is InChI=1S/C20H20N2O3/c1-4-21(15-9-7-8-13(2)12-15)18(23)14(3)22-19(24)16-10-5-6-11-17(16)20(22)25/h5-12,14H,4H2,1-3H3. The number of hydrogen-bond acceptors (Lipinski definition) is 3. The van der Waals surface area contributed by atoms with Crippen molar-refractivity contribution in [1.82, 2.24) is 4.90 Å². The highest BCUT2D eigenvalue weighted by atomic mass is 16.2. The second kappa shape index (κ2) is 6.51. The molecule has 2 aromatic carbocycles. The smallest absolute Gasteiger partial charge is 0.262 e. The minimum atomic E-state index is -0.868. The lowest BCUT2D eigenvalue weighted by atomic mass is 10.1. The van der Waals surface area contributed by atoms with Crippen LogP contribution in [0.5, 0.6) is 0 Å². The molecule has 0 radical (unpaired) electrons. The first-order valence-electron chi connectivity index (χ1n) is 8.30. The number of imide groups is 1. The molecule has 5 nitrogen and oxygen atoms in total. The van der Waals surface area contributed by atoms with Gasteiger partial charge in [-0.3, -0.25) is 19.3 Å². The van der Waals surface area contributed by atoms with Crippen molar-refractivity contribution in [3.05, 3.63) is 65.2 Å². The summed E-state index contributed by atoms with van der Waals surface area (Å²) in [6.07, 6.45) is 0. The Hall–Kier alpha value is -2.95. The molecule has 2 aromatic rings. The van der Waals surface area contributed by atoms with Crippen LogP contribution in [0.4, 0.5) is 5.69 Å². The van der Waals surface area contributed by atoms with Crippen molar-refractivity contribution in [2.24, 2.45) is 0 Å². The second-order valence-corrected chi connectivity index (χ2v) is 6.12. The normalized spacial score (nSPS) is 14.4. The van der Waals surface area contributed by atoms with Gasteiger partial charge in [0.25, 0.3) is 11.8 Å². The van der Waals surface area contributed by atoms with Gasteiger partial charge in [0.05, 0.1) is 11.1 Å². The lowest BCUT2D eigenvalue weighted by Gasteiger charge is -2.29. The highest BCUT2D eigenvalue weighted by molar-refractivity contribution is 6.23. The van der Waals surface area contributed by atoms with Crippen molar-refractivity contribution in [3.63, 3.8) is 0 Å². The molecule has 25 heavy (non-hydrogen) atoms. The van der Waals surface area contributed by atoms with Crippen LogP contribution in [-0.2, 0) is 4.79 Å². The molecule has 3 rings (SSSR count). The van der Waals surface area contributed by atoms with Gasteiger partial charge in [-0.15, -0.1) is 0 Å². The molecule has 5 heteroatoms. The van der Waals surface area contributed by atoms with Gasteiger partial charge in [-0.1, -0.05) is 24.3 Å². The van der Waals surface area contributed by atoms with Gasteiger partial charge in [-0.2, -0.15) is 0 Å². The number of likely N-dealkylation sites (N-methyl/N-ethyl adjacent to an activating group) is 1. The van der Waals surface area contributed by atoms with Crippen LogP contribution in [0.25, 0.3) is 0 Å². The van der Waals surface area contributed by atoms with Crippen LogP contribution in [0.2, 0.25) is 0 Å². The van der Waals surface area contributed by atoms with Crippen LogP contribution >= 0.6 is 0 Å². The first-order chi connectivity index (χ1) is 12.0. The van der Waals surface area contributed by atoms with Crippen molar-refractivity contribution in [3.8, 4) is 0 Å². The lowest BCUT2D eigenvalue weighted by molar-refractivity contribution is -0.121. The Morgan fingerprint density at radius 2 is 1.64 bits per heavy atom. The molecule has 0 aromatic heterocycles. The van der Waals surface area contributed by atoms with Gasteiger partial charge < -0.3 is 4.90 Å². The molecular formula is C20H20N2O3. The molecule has 0 fully saturated rings. The molecule has 1 atom stereocenters. The number of aryl methyl sites for hydroxylation is 1. The van der Waals surface area contributed by atoms with Crippen molar-refractivity contribution in [2.45, 2.75) is 26.8 Å². The van der Waals surface area contributed by atoms with Crippen LogP contribution in [-0.4, -0.2) is 35.2 Å². The highest BCUT2D eigenvalue weighted by Crippen LogP contribution is 2.26. The predicted molar refractivity (Wildman–Crippen MR) is 95.6 cm³/mol. The van der Waals surface area contributed by atoms with E-state index < -0.39 is 17.9 Å². The van der Waals surface area contributed by atoms with E-state index >= 15 is 0 Å². The fraction of sp³-hybridized carbons (Fsp3) is 0.250. The lowest BCUT2D eigenvalue weighted by Crippen LogP contribution is -2.49. The summed E-state index contributed by atoms with van der Waals surface area (Å²) in [5, 5.41) is 0. The van der Waals surface area contributed by atoms with E-state index in [4.69, 9.17) is 0 Å². The largest absolute Gasteiger partial charge is 0.311 e. The van der Waals surface area contributed by atoms with Crippen LogP contribution in [0.15, 0.2) is 48.5 Å². The highest BCUT2D eigenvalue weighted by Gasteiger charge is 2.41. The van der Waals surface area contributed by atoms with Gasteiger partial charge in [-0.25, -0.2) is 0 Å². The maximum absolute atomic E-state index is 13.0. The SMILES string of the molecule is CCN(C(=O)C(C)N1C(=O)c2ccccc2C1=O)c1cccc(C)c1. The van der Waals surface area contributed by atoms with E-state index in [0.29, 0.717) is 17.7 Å². The Morgan fingerprint density at radius 3 is 2.16 bits per heavy atom. The fourth-order valence-corrected chi connectivity index (χ4v) is 3.16. The molecule has 3 amide bonds. The average molecular weight is 336 g/mol. The van der Waals surface area contributed by atoms with E-state index in [1.807, 2.05) is 38.1 Å². The Bertz CT molecular complexity index is 825. The number of anilines is 1. The summed E-state index contributed by atoms with van der Waals surface area (Å²) in [5.41, 5.74) is 2.50. The number of carbonyl (C=O) groups excluding carboxylic acids is 3. The quantitative estimate of drug-likeness (QED) is 0.807. The molecular weight excluding hydrogens is 316 g/mol. The first-order valence-corrected chi connectivity index (χ1v) is 8.30. The summed E-state index contributed by atoms with van der Waals surface area (Å²) in [5.74, 6) is -1.11. The first kappa shape index (κ1) is 16.9. The Labute approximate surface area is 146 Å². The molecule has 0 saturated heterocycles. The maximum Gasteiger partial charge on any atom is 0.262 e. The van der Waals surface area contributed by atoms with Crippen LogP contribution < -0.4 is 4.90 Å². The van der Waals surface area contributed by atoms with E-state index in [1.54, 1.807) is 36.1 Å². The Balaban J connectivity index is 1.90. The van der Waals surface area contributed by atoms with Crippen molar-refractivity contribution < 1.29 is 14.4 Å². The number of fused-ring (bicyclic) bond motifs is 1. The number of amides is 3. The predicted octanol–water partition coefficient (Wildman–Crippen LogP) is 3.03. The van der Waals surface area contributed by atoms with Crippen molar-refractivity contribution in [1.29, 1.82) is 0 Å². The summed E-state index contributed by atoms with van der Waals surface area (Å²) in [6.45, 7) is 5.88. The van der Waals surface area contributed by atoms with Crippen molar-refractivity contribution >= 4 is 23.4 Å². The fourth-order valence-electron chi connectivity index (χ4n) is 3.16. The molecule has 0 bridgehead atoms. The van der Waals surface area contributed by atoms with Gasteiger partial charge in [-0.05, 0) is 50.6 Å². The average Bonchev–Trinajstić information content (AvgIpc) is 2.86. The summed E-state index contributed by atoms with van der Waals surface area (Å²) in [6, 6.07) is 13.4. The molecule has 0 spiro atoms. The number of hydrogen-bond donors (Lipinski definition) is 0. The summed E-state index contributed by atoms with van der Waals surface area (Å²) < 4.78 is 0. The zero-order valence-corrected chi connectivity index (χ0v) is 14.5. The van der Waals surface area contributed by atoms with E-state index in [-0.39, 0.29) is 5.91 Å². The van der Waals surface area contributed by atoms with E-state index in [2.05, 4.69) is 0 Å². The maximum atomic E-state index is 13.0. The number of carbonyl (C=O) groups is 3. The zero-order chi connectivity index (χ0) is 18.1. The number of rotatable bonds is 4. The third-order valence-corrected chi connectivity index (χ3v) is 4.47. The van der Waals surface area contributed by atoms with Gasteiger partial charge in [0.15, 0.2) is 0 Å². The molecule has 1 aliphatic heterocycles. The number of benzene rings is 2. The molecule has 0 N–H and O–H groups in total. The van der Waals surface area contributed by atoms with Crippen LogP contribution in [0.3, 0.4) is 0 Å². The second-order valence-electron chi connectivity index (χ2n) is 6.12. The zero-order valence-electron chi connectivity index (χ0n) is 14.5. The molecule has 1 aliphatic rings. The monoisotopic (exact) mass is 336 g/mol. The third kappa shape index (κ3) is 2.82. The topological polar surface area (TPSA) is 57.7 Å². The van der Waals surface area contributed by atoms with Gasteiger partial charge in [0, 0.05) is 12.2 Å². The minimum Gasteiger partial charge on any atom is -0.311 e. The number of nitrogens with zero attached hydrogens (tertiary/aromatic N) is 2. The van der Waals surface area contributed by atoms with E-state index in [0.717, 1.165) is 16.2 Å². The summed E-state index contributed by atoms with van der Waals surface area (Å²) in [7, 11) is 0. The van der Waals surface area contributed by atoms with E-state index in [1.165, 1.54) is 0 Å². The summed E-state index contributed by atoms with van der Waals surface area (Å²) in [4.78, 5) is 40.8. The van der Waals surface area contributed by atoms with Gasteiger partial charge in [0.2, 0.25) is 5.91 Å². The molecule has 0 aliphatic carbocycles. The van der Waals surface area contributed by atoms with E-state index in [9.17, 15) is 14.4 Å². The Morgan fingerprint density at radius 1 is 1.04 bits per heavy atom. The van der Waals surface area contributed by atoms with Gasteiger partial charge >= 0.3 is 0 Å². The molecule has 0 saturated carbocycles. The van der Waals surface area contributed by atoms with Gasteiger partial charge in [0.1, 0.15) is 6.04 Å². The Kier molecular flexibility index (Phi) is 4.40. The van der Waals surface area contributed by atoms with Crippen molar-refractivity contribution in [2.75, 3.05) is 11.4 Å². The van der Waals surface area contributed by atoms with Crippen LogP contribution in [0.1, 0.15) is 40.1 Å². The molecule has 1 heterocycles.